The molecule has 21 heavy (non-hydrogen) atoms. The van der Waals surface area contributed by atoms with Gasteiger partial charge in [0.25, 0.3) is 0 Å². The summed E-state index contributed by atoms with van der Waals surface area (Å²) in [5.41, 5.74) is 0.734. The first-order valence-corrected chi connectivity index (χ1v) is 6.29. The lowest BCUT2D eigenvalue weighted by molar-refractivity contribution is -0.137. The lowest BCUT2D eigenvalue weighted by Crippen LogP contribution is -2.40. The first kappa shape index (κ1) is 14.4. The zero-order chi connectivity index (χ0) is 15.4. The zero-order valence-corrected chi connectivity index (χ0v) is 11.0. The van der Waals surface area contributed by atoms with Gasteiger partial charge in [0.2, 0.25) is 0 Å². The quantitative estimate of drug-likeness (QED) is 0.869. The first-order chi connectivity index (χ1) is 10.0. The number of hydrogen-bond donors (Lipinski definition) is 2. The van der Waals surface area contributed by atoms with Crippen molar-refractivity contribution in [2.75, 3.05) is 11.9 Å². The molecular weight excluding hydrogens is 272 g/mol. The van der Waals surface area contributed by atoms with E-state index in [4.69, 9.17) is 15.6 Å². The van der Waals surface area contributed by atoms with E-state index in [0.717, 1.165) is 12.8 Å². The molecule has 7 heteroatoms. The van der Waals surface area contributed by atoms with Crippen LogP contribution in [-0.4, -0.2) is 34.6 Å². The SMILES string of the molecule is N#Cc1ccc(NC(=O)N(CC(=O)O)C2CC2)cc1C#N. The summed E-state index contributed by atoms with van der Waals surface area (Å²) < 4.78 is 0. The van der Waals surface area contributed by atoms with E-state index in [1.807, 2.05) is 12.1 Å². The summed E-state index contributed by atoms with van der Waals surface area (Å²) in [6, 6.07) is 7.52. The van der Waals surface area contributed by atoms with Crippen LogP contribution in [0.25, 0.3) is 0 Å². The van der Waals surface area contributed by atoms with E-state index in [9.17, 15) is 9.59 Å². The van der Waals surface area contributed by atoms with Crippen molar-refractivity contribution in [2.24, 2.45) is 0 Å². The second-order valence-electron chi connectivity index (χ2n) is 4.67. The zero-order valence-electron chi connectivity index (χ0n) is 11.0. The number of carboxylic acids is 1. The number of benzene rings is 1. The van der Waals surface area contributed by atoms with Crippen LogP contribution in [0.15, 0.2) is 18.2 Å². The molecule has 0 radical (unpaired) electrons. The van der Waals surface area contributed by atoms with E-state index in [1.54, 1.807) is 0 Å². The molecule has 2 rings (SSSR count). The minimum atomic E-state index is -1.07. The Morgan fingerprint density at radius 3 is 2.48 bits per heavy atom. The Bertz CT molecular complexity index is 668. The number of carbonyl (C=O) groups excluding carboxylic acids is 1. The molecule has 0 bridgehead atoms. The van der Waals surface area contributed by atoms with Gasteiger partial charge >= 0.3 is 12.0 Å². The molecule has 1 saturated carbocycles. The highest BCUT2D eigenvalue weighted by Crippen LogP contribution is 2.27. The number of nitrogens with zero attached hydrogens (tertiary/aromatic N) is 3. The number of carbonyl (C=O) groups is 2. The molecule has 0 atom stereocenters. The van der Waals surface area contributed by atoms with Crippen molar-refractivity contribution in [1.82, 2.24) is 4.90 Å². The molecule has 2 N–H and O–H groups in total. The fourth-order valence-corrected chi connectivity index (χ4v) is 1.91. The van der Waals surface area contributed by atoms with Crippen LogP contribution in [0.3, 0.4) is 0 Å². The molecule has 0 spiro atoms. The number of urea groups is 1. The summed E-state index contributed by atoms with van der Waals surface area (Å²) in [6.07, 6.45) is 1.58. The minimum absolute atomic E-state index is 0.0464. The van der Waals surface area contributed by atoms with E-state index >= 15 is 0 Å². The number of nitrogens with one attached hydrogen (secondary N) is 1. The first-order valence-electron chi connectivity index (χ1n) is 6.29. The Kier molecular flexibility index (Phi) is 4.05. The predicted molar refractivity (Wildman–Crippen MR) is 72.3 cm³/mol. The number of anilines is 1. The number of nitriles is 2. The predicted octanol–water partition coefficient (Wildman–Crippen LogP) is 1.51. The van der Waals surface area contributed by atoms with E-state index in [0.29, 0.717) is 5.69 Å². The molecule has 1 aromatic carbocycles. The Labute approximate surface area is 121 Å². The van der Waals surface area contributed by atoms with Gasteiger partial charge in [0, 0.05) is 11.7 Å². The van der Waals surface area contributed by atoms with E-state index < -0.39 is 12.0 Å². The molecule has 1 aromatic rings. The molecule has 1 fully saturated rings. The fourth-order valence-electron chi connectivity index (χ4n) is 1.91. The lowest BCUT2D eigenvalue weighted by atomic mass is 10.1. The second-order valence-corrected chi connectivity index (χ2v) is 4.67. The molecule has 0 heterocycles. The van der Waals surface area contributed by atoms with Crippen LogP contribution in [0.1, 0.15) is 24.0 Å². The maximum Gasteiger partial charge on any atom is 0.323 e. The molecule has 1 aliphatic rings. The average Bonchev–Trinajstić information content (AvgIpc) is 3.28. The van der Waals surface area contributed by atoms with E-state index in [-0.39, 0.29) is 23.7 Å². The molecule has 0 unspecified atom stereocenters. The third-order valence-electron chi connectivity index (χ3n) is 3.07. The Morgan fingerprint density at radius 1 is 1.29 bits per heavy atom. The van der Waals surface area contributed by atoms with Crippen LogP contribution in [0.5, 0.6) is 0 Å². The summed E-state index contributed by atoms with van der Waals surface area (Å²) in [5, 5.41) is 29.1. The highest BCUT2D eigenvalue weighted by atomic mass is 16.4. The van der Waals surface area contributed by atoms with Gasteiger partial charge in [-0.05, 0) is 31.0 Å². The van der Waals surface area contributed by atoms with Crippen LogP contribution < -0.4 is 5.32 Å². The molecule has 0 aromatic heterocycles. The van der Waals surface area contributed by atoms with Gasteiger partial charge in [-0.3, -0.25) is 4.79 Å². The van der Waals surface area contributed by atoms with Gasteiger partial charge in [-0.15, -0.1) is 0 Å². The number of aliphatic carboxylic acids is 1. The van der Waals surface area contributed by atoms with Gasteiger partial charge in [0.1, 0.15) is 18.7 Å². The highest BCUT2D eigenvalue weighted by molar-refractivity contribution is 5.92. The third-order valence-corrected chi connectivity index (χ3v) is 3.07. The van der Waals surface area contributed by atoms with Crippen molar-refractivity contribution >= 4 is 17.7 Å². The van der Waals surface area contributed by atoms with Crippen molar-refractivity contribution in [3.63, 3.8) is 0 Å². The normalized spacial score (nSPS) is 12.9. The molecule has 1 aliphatic carbocycles. The third kappa shape index (κ3) is 3.48. The number of carboxylic acid groups (broad SMARTS) is 1. The van der Waals surface area contributed by atoms with Crippen LogP contribution in [0.2, 0.25) is 0 Å². The van der Waals surface area contributed by atoms with Crippen molar-refractivity contribution in [1.29, 1.82) is 10.5 Å². The van der Waals surface area contributed by atoms with Gasteiger partial charge in [-0.1, -0.05) is 0 Å². The van der Waals surface area contributed by atoms with Gasteiger partial charge in [0.05, 0.1) is 11.1 Å². The summed E-state index contributed by atoms with van der Waals surface area (Å²) in [6.45, 7) is -0.363. The molecule has 2 amide bonds. The largest absolute Gasteiger partial charge is 0.480 e. The van der Waals surface area contributed by atoms with Crippen LogP contribution in [-0.2, 0) is 4.79 Å². The van der Waals surface area contributed by atoms with Gasteiger partial charge in [-0.25, -0.2) is 4.79 Å². The standard InChI is InChI=1S/C14H12N4O3/c15-6-9-1-2-11(5-10(9)7-16)17-14(21)18(8-13(19)20)12-3-4-12/h1-2,5,12H,3-4,8H2,(H,17,21)(H,19,20). The van der Waals surface area contributed by atoms with Crippen LogP contribution in [0, 0.1) is 22.7 Å². The summed E-state index contributed by atoms with van der Waals surface area (Å²) in [5.74, 6) is -1.07. The van der Waals surface area contributed by atoms with Crippen LogP contribution >= 0.6 is 0 Å². The minimum Gasteiger partial charge on any atom is -0.480 e. The number of amides is 2. The van der Waals surface area contributed by atoms with Crippen molar-refractivity contribution in [2.45, 2.75) is 18.9 Å². The maximum atomic E-state index is 12.1. The molecule has 106 valence electrons. The van der Waals surface area contributed by atoms with E-state index in [1.165, 1.54) is 23.1 Å². The molecular formula is C14H12N4O3. The highest BCUT2D eigenvalue weighted by Gasteiger charge is 2.33. The number of rotatable bonds is 4. The smallest absolute Gasteiger partial charge is 0.323 e. The van der Waals surface area contributed by atoms with Crippen molar-refractivity contribution < 1.29 is 14.7 Å². The van der Waals surface area contributed by atoms with Gasteiger partial charge in [-0.2, -0.15) is 10.5 Å². The fraction of sp³-hybridized carbons (Fsp3) is 0.286. The molecule has 0 aliphatic heterocycles. The van der Waals surface area contributed by atoms with Crippen LogP contribution in [0.4, 0.5) is 10.5 Å². The second kappa shape index (κ2) is 5.93. The van der Waals surface area contributed by atoms with Gasteiger partial charge < -0.3 is 15.3 Å². The Balaban J connectivity index is 2.13. The van der Waals surface area contributed by atoms with Crippen molar-refractivity contribution in [3.05, 3.63) is 29.3 Å². The Hall–Kier alpha value is -3.06. The Morgan fingerprint density at radius 2 is 1.95 bits per heavy atom. The summed E-state index contributed by atoms with van der Waals surface area (Å²) >= 11 is 0. The summed E-state index contributed by atoms with van der Waals surface area (Å²) in [7, 11) is 0. The monoisotopic (exact) mass is 284 g/mol. The van der Waals surface area contributed by atoms with Gasteiger partial charge in [0.15, 0.2) is 0 Å². The molecule has 0 saturated heterocycles. The lowest BCUT2D eigenvalue weighted by Gasteiger charge is -2.20. The maximum absolute atomic E-state index is 12.1. The van der Waals surface area contributed by atoms with Crippen molar-refractivity contribution in [3.8, 4) is 12.1 Å². The van der Waals surface area contributed by atoms with E-state index in [2.05, 4.69) is 5.32 Å². The molecule has 7 nitrogen and oxygen atoms in total. The summed E-state index contributed by atoms with van der Waals surface area (Å²) in [4.78, 5) is 24.1. The topological polar surface area (TPSA) is 117 Å². The average molecular weight is 284 g/mol. The number of hydrogen-bond acceptors (Lipinski definition) is 4.